The standard InChI is InChI=1S/C13H15N3O4S/c1-13(2,12(18)19)14-9(17)3-4-10-15-16-11(20-10)8-5-6-21-7-8/h5-7H,3-4H2,1-2H3,(H,14,17)(H,18,19). The largest absolute Gasteiger partial charge is 0.480 e. The van der Waals surface area contributed by atoms with E-state index in [1.807, 2.05) is 16.8 Å². The predicted molar refractivity (Wildman–Crippen MR) is 75.8 cm³/mol. The summed E-state index contributed by atoms with van der Waals surface area (Å²) in [6.45, 7) is 2.85. The highest BCUT2D eigenvalue weighted by Crippen LogP contribution is 2.20. The van der Waals surface area contributed by atoms with E-state index in [2.05, 4.69) is 15.5 Å². The van der Waals surface area contributed by atoms with Gasteiger partial charge in [-0.25, -0.2) is 4.79 Å². The Bertz CT molecular complexity index is 634. The summed E-state index contributed by atoms with van der Waals surface area (Å²) >= 11 is 1.52. The lowest BCUT2D eigenvalue weighted by Gasteiger charge is -2.20. The first kappa shape index (κ1) is 15.2. The molecule has 2 aromatic heterocycles. The molecule has 0 saturated carbocycles. The van der Waals surface area contributed by atoms with Gasteiger partial charge in [0.25, 0.3) is 0 Å². The molecular formula is C13H15N3O4S. The normalized spacial score (nSPS) is 11.3. The van der Waals surface area contributed by atoms with Crippen LogP contribution in [0.2, 0.25) is 0 Å². The molecule has 0 fully saturated rings. The monoisotopic (exact) mass is 309 g/mol. The van der Waals surface area contributed by atoms with Gasteiger partial charge in [0.15, 0.2) is 0 Å². The third-order valence-electron chi connectivity index (χ3n) is 2.79. The van der Waals surface area contributed by atoms with Gasteiger partial charge in [0.05, 0.1) is 0 Å². The van der Waals surface area contributed by atoms with Gasteiger partial charge in [0.1, 0.15) is 5.54 Å². The van der Waals surface area contributed by atoms with E-state index in [9.17, 15) is 9.59 Å². The zero-order valence-electron chi connectivity index (χ0n) is 11.6. The molecule has 0 bridgehead atoms. The van der Waals surface area contributed by atoms with E-state index in [1.165, 1.54) is 25.2 Å². The van der Waals surface area contributed by atoms with Crippen LogP contribution in [-0.2, 0) is 16.0 Å². The topological polar surface area (TPSA) is 105 Å². The Morgan fingerprint density at radius 2 is 2.19 bits per heavy atom. The molecule has 0 radical (unpaired) electrons. The average Bonchev–Trinajstić information content (AvgIpc) is 3.06. The van der Waals surface area contributed by atoms with Gasteiger partial charge in [0.2, 0.25) is 17.7 Å². The van der Waals surface area contributed by atoms with Crippen molar-refractivity contribution in [3.63, 3.8) is 0 Å². The summed E-state index contributed by atoms with van der Waals surface area (Å²) in [6, 6.07) is 1.87. The van der Waals surface area contributed by atoms with Crippen LogP contribution in [0.15, 0.2) is 21.2 Å². The minimum atomic E-state index is -1.30. The van der Waals surface area contributed by atoms with Gasteiger partial charge in [-0.2, -0.15) is 11.3 Å². The highest BCUT2D eigenvalue weighted by molar-refractivity contribution is 7.08. The van der Waals surface area contributed by atoms with Crippen LogP contribution in [0.1, 0.15) is 26.2 Å². The number of aromatic nitrogens is 2. The summed E-state index contributed by atoms with van der Waals surface area (Å²) in [5.74, 6) is -0.705. The van der Waals surface area contributed by atoms with Crippen LogP contribution in [0.5, 0.6) is 0 Å². The van der Waals surface area contributed by atoms with E-state index in [0.29, 0.717) is 11.8 Å². The van der Waals surface area contributed by atoms with Gasteiger partial charge in [-0.05, 0) is 25.3 Å². The van der Waals surface area contributed by atoms with Crippen LogP contribution in [0.3, 0.4) is 0 Å². The van der Waals surface area contributed by atoms with E-state index >= 15 is 0 Å². The number of hydrogen-bond donors (Lipinski definition) is 2. The number of rotatable bonds is 6. The second-order valence-corrected chi connectivity index (χ2v) is 5.77. The Labute approximate surface area is 125 Å². The van der Waals surface area contributed by atoms with Crippen molar-refractivity contribution in [2.45, 2.75) is 32.2 Å². The Balaban J connectivity index is 1.89. The van der Waals surface area contributed by atoms with Crippen molar-refractivity contribution >= 4 is 23.2 Å². The molecule has 2 N–H and O–H groups in total. The number of amides is 1. The van der Waals surface area contributed by atoms with E-state index in [0.717, 1.165) is 5.56 Å². The minimum Gasteiger partial charge on any atom is -0.480 e. The van der Waals surface area contributed by atoms with E-state index in [4.69, 9.17) is 9.52 Å². The molecule has 0 aliphatic carbocycles. The maximum atomic E-state index is 11.7. The Kier molecular flexibility index (Phi) is 4.37. The first-order valence-electron chi connectivity index (χ1n) is 6.28. The molecule has 8 heteroatoms. The van der Waals surface area contributed by atoms with Gasteiger partial charge >= 0.3 is 5.97 Å². The van der Waals surface area contributed by atoms with Crippen molar-refractivity contribution in [2.75, 3.05) is 0 Å². The maximum absolute atomic E-state index is 11.7. The molecule has 0 spiro atoms. The van der Waals surface area contributed by atoms with Crippen molar-refractivity contribution in [3.05, 3.63) is 22.7 Å². The summed E-state index contributed by atoms with van der Waals surface area (Å²) in [6.07, 6.45) is 0.348. The molecule has 2 heterocycles. The molecule has 7 nitrogen and oxygen atoms in total. The predicted octanol–water partition coefficient (Wildman–Crippen LogP) is 1.71. The number of carbonyl (C=O) groups is 2. The van der Waals surface area contributed by atoms with Gasteiger partial charge < -0.3 is 14.8 Å². The maximum Gasteiger partial charge on any atom is 0.328 e. The number of hydrogen-bond acceptors (Lipinski definition) is 6. The molecule has 0 atom stereocenters. The number of thiophene rings is 1. The minimum absolute atomic E-state index is 0.0853. The van der Waals surface area contributed by atoms with Crippen molar-refractivity contribution in [1.29, 1.82) is 0 Å². The van der Waals surface area contributed by atoms with Crippen LogP contribution in [0.4, 0.5) is 0 Å². The lowest BCUT2D eigenvalue weighted by Crippen LogP contribution is -2.49. The van der Waals surface area contributed by atoms with Crippen LogP contribution >= 0.6 is 11.3 Å². The van der Waals surface area contributed by atoms with Crippen LogP contribution in [0.25, 0.3) is 11.5 Å². The Morgan fingerprint density at radius 1 is 1.43 bits per heavy atom. The lowest BCUT2D eigenvalue weighted by molar-refractivity contribution is -0.146. The third kappa shape index (κ3) is 3.88. The van der Waals surface area contributed by atoms with Gasteiger partial charge in [0, 0.05) is 23.8 Å². The fraction of sp³-hybridized carbons (Fsp3) is 0.385. The van der Waals surface area contributed by atoms with E-state index in [-0.39, 0.29) is 18.7 Å². The van der Waals surface area contributed by atoms with Crippen molar-refractivity contribution in [3.8, 4) is 11.5 Å². The summed E-state index contributed by atoms with van der Waals surface area (Å²) < 4.78 is 5.44. The zero-order valence-corrected chi connectivity index (χ0v) is 12.4. The molecule has 21 heavy (non-hydrogen) atoms. The van der Waals surface area contributed by atoms with Gasteiger partial charge in [-0.3, -0.25) is 4.79 Å². The zero-order chi connectivity index (χ0) is 15.5. The SMILES string of the molecule is CC(C)(NC(=O)CCc1nnc(-c2ccsc2)o1)C(=O)O. The average molecular weight is 309 g/mol. The quantitative estimate of drug-likeness (QED) is 0.841. The molecule has 2 rings (SSSR count). The number of nitrogens with zero attached hydrogens (tertiary/aromatic N) is 2. The number of aryl methyl sites for hydroxylation is 1. The molecule has 0 saturated heterocycles. The first-order chi connectivity index (χ1) is 9.88. The van der Waals surface area contributed by atoms with Crippen molar-refractivity contribution in [1.82, 2.24) is 15.5 Å². The van der Waals surface area contributed by atoms with Crippen LogP contribution in [0, 0.1) is 0 Å². The summed E-state index contributed by atoms with van der Waals surface area (Å²) in [7, 11) is 0. The van der Waals surface area contributed by atoms with Crippen molar-refractivity contribution in [2.24, 2.45) is 0 Å². The fourth-order valence-corrected chi connectivity index (χ4v) is 2.17. The first-order valence-corrected chi connectivity index (χ1v) is 7.22. The van der Waals surface area contributed by atoms with Gasteiger partial charge in [-0.1, -0.05) is 0 Å². The fourth-order valence-electron chi connectivity index (χ4n) is 1.54. The number of carboxylic acid groups (broad SMARTS) is 1. The second kappa shape index (κ2) is 6.04. The van der Waals surface area contributed by atoms with Gasteiger partial charge in [-0.15, -0.1) is 10.2 Å². The molecule has 1 amide bonds. The molecule has 0 aliphatic rings. The van der Waals surface area contributed by atoms with Crippen LogP contribution < -0.4 is 5.32 Å². The molecule has 0 aliphatic heterocycles. The molecule has 0 aromatic carbocycles. The van der Waals surface area contributed by atoms with E-state index < -0.39 is 11.5 Å². The second-order valence-electron chi connectivity index (χ2n) is 4.99. The summed E-state index contributed by atoms with van der Waals surface area (Å²) in [5, 5.41) is 22.9. The van der Waals surface area contributed by atoms with E-state index in [1.54, 1.807) is 0 Å². The number of nitrogens with one attached hydrogen (secondary N) is 1. The molecule has 2 aromatic rings. The number of carbonyl (C=O) groups excluding carboxylic acids is 1. The molecule has 0 unspecified atom stereocenters. The summed E-state index contributed by atoms with van der Waals surface area (Å²) in [5.41, 5.74) is -0.455. The lowest BCUT2D eigenvalue weighted by atomic mass is 10.1. The molecular weight excluding hydrogens is 294 g/mol. The molecule has 112 valence electrons. The smallest absolute Gasteiger partial charge is 0.328 e. The Morgan fingerprint density at radius 3 is 2.81 bits per heavy atom. The van der Waals surface area contributed by atoms with Crippen molar-refractivity contribution < 1.29 is 19.1 Å². The third-order valence-corrected chi connectivity index (χ3v) is 3.47. The number of carboxylic acids is 1. The highest BCUT2D eigenvalue weighted by Gasteiger charge is 2.28. The Hall–Kier alpha value is -2.22. The summed E-state index contributed by atoms with van der Waals surface area (Å²) in [4.78, 5) is 22.6. The highest BCUT2D eigenvalue weighted by atomic mass is 32.1. The van der Waals surface area contributed by atoms with Crippen LogP contribution in [-0.4, -0.2) is 32.7 Å². The number of aliphatic carboxylic acids is 1.